The summed E-state index contributed by atoms with van der Waals surface area (Å²) in [7, 11) is 0. The Hall–Kier alpha value is -1.97. The first kappa shape index (κ1) is 14.1. The zero-order valence-corrected chi connectivity index (χ0v) is 10.5. The number of carbonyl (C=O) groups is 1. The van der Waals surface area contributed by atoms with Gasteiger partial charge in [-0.1, -0.05) is 25.8 Å². The van der Waals surface area contributed by atoms with Crippen molar-refractivity contribution >= 4 is 17.5 Å². The van der Waals surface area contributed by atoms with Crippen LogP contribution in [0.25, 0.3) is 6.08 Å². The molecule has 0 spiro atoms. The minimum Gasteiger partial charge on any atom is -0.295 e. The summed E-state index contributed by atoms with van der Waals surface area (Å²) in [5.74, 6) is 0.0989. The molecule has 0 aliphatic rings. The van der Waals surface area contributed by atoms with Crippen LogP contribution in [0.2, 0.25) is 0 Å². The fourth-order valence-corrected chi connectivity index (χ4v) is 1.53. The van der Waals surface area contributed by atoms with Gasteiger partial charge in [0.1, 0.15) is 0 Å². The molecule has 0 heterocycles. The summed E-state index contributed by atoms with van der Waals surface area (Å²) in [6, 6.07) is 6.13. The number of hydrogen-bond donors (Lipinski definition) is 0. The molecule has 0 aliphatic carbocycles. The number of ketones is 1. The van der Waals surface area contributed by atoms with Crippen molar-refractivity contribution in [3.63, 3.8) is 0 Å². The van der Waals surface area contributed by atoms with Crippen molar-refractivity contribution in [2.75, 3.05) is 0 Å². The Morgan fingerprint density at radius 1 is 1.28 bits per heavy atom. The smallest absolute Gasteiger partial charge is 0.269 e. The van der Waals surface area contributed by atoms with Crippen LogP contribution in [-0.2, 0) is 4.79 Å². The van der Waals surface area contributed by atoms with Crippen LogP contribution >= 0.6 is 0 Å². The number of allylic oxidation sites excluding steroid dienone is 1. The summed E-state index contributed by atoms with van der Waals surface area (Å²) in [4.78, 5) is 21.5. The summed E-state index contributed by atoms with van der Waals surface area (Å²) in [6.07, 6.45) is 6.88. The van der Waals surface area contributed by atoms with Crippen LogP contribution in [0.5, 0.6) is 0 Å². The molecule has 1 rings (SSSR count). The van der Waals surface area contributed by atoms with Crippen molar-refractivity contribution in [1.82, 2.24) is 0 Å². The molecule has 18 heavy (non-hydrogen) atoms. The second-order valence-electron chi connectivity index (χ2n) is 4.11. The van der Waals surface area contributed by atoms with Crippen LogP contribution < -0.4 is 0 Å². The highest BCUT2D eigenvalue weighted by Gasteiger charge is 2.02. The second-order valence-corrected chi connectivity index (χ2v) is 4.11. The molecular weight excluding hydrogens is 230 g/mol. The Bertz CT molecular complexity index is 435. The number of nitro groups is 1. The van der Waals surface area contributed by atoms with E-state index in [0.29, 0.717) is 6.42 Å². The highest BCUT2D eigenvalue weighted by atomic mass is 16.6. The Balaban J connectivity index is 2.51. The topological polar surface area (TPSA) is 60.2 Å². The van der Waals surface area contributed by atoms with Gasteiger partial charge in [0.25, 0.3) is 5.69 Å². The van der Waals surface area contributed by atoms with E-state index in [2.05, 4.69) is 6.92 Å². The fourth-order valence-electron chi connectivity index (χ4n) is 1.53. The molecule has 0 saturated heterocycles. The molecule has 4 nitrogen and oxygen atoms in total. The van der Waals surface area contributed by atoms with Gasteiger partial charge in [-0.05, 0) is 30.2 Å². The molecule has 0 fully saturated rings. The first-order valence-electron chi connectivity index (χ1n) is 6.09. The fraction of sp³-hybridized carbons (Fsp3) is 0.357. The van der Waals surface area contributed by atoms with E-state index in [0.717, 1.165) is 24.8 Å². The second kappa shape index (κ2) is 7.37. The number of unbranched alkanes of at least 4 members (excludes halogenated alkanes) is 2. The molecule has 4 heteroatoms. The van der Waals surface area contributed by atoms with E-state index in [1.54, 1.807) is 18.2 Å². The molecular formula is C14H17NO3. The third-order valence-electron chi connectivity index (χ3n) is 2.59. The zero-order chi connectivity index (χ0) is 13.4. The Morgan fingerprint density at radius 2 is 1.94 bits per heavy atom. The predicted octanol–water partition coefficient (Wildman–Crippen LogP) is 3.76. The Kier molecular flexibility index (Phi) is 5.77. The van der Waals surface area contributed by atoms with Gasteiger partial charge in [0, 0.05) is 18.6 Å². The molecule has 0 radical (unpaired) electrons. The molecule has 0 saturated carbocycles. The number of benzene rings is 1. The summed E-state index contributed by atoms with van der Waals surface area (Å²) < 4.78 is 0. The van der Waals surface area contributed by atoms with Gasteiger partial charge in [0.2, 0.25) is 0 Å². The molecule has 96 valence electrons. The van der Waals surface area contributed by atoms with E-state index in [9.17, 15) is 14.9 Å². The van der Waals surface area contributed by atoms with Crippen LogP contribution in [0.4, 0.5) is 5.69 Å². The van der Waals surface area contributed by atoms with Crippen LogP contribution in [0.15, 0.2) is 30.3 Å². The van der Waals surface area contributed by atoms with Crippen molar-refractivity contribution in [3.8, 4) is 0 Å². The summed E-state index contributed by atoms with van der Waals surface area (Å²) in [6.45, 7) is 2.09. The molecule has 1 aromatic carbocycles. The van der Waals surface area contributed by atoms with Gasteiger partial charge in [-0.15, -0.1) is 0 Å². The lowest BCUT2D eigenvalue weighted by molar-refractivity contribution is -0.384. The normalized spacial score (nSPS) is 10.7. The lowest BCUT2D eigenvalue weighted by Gasteiger charge is -1.95. The molecule has 0 unspecified atom stereocenters. The lowest BCUT2D eigenvalue weighted by Crippen LogP contribution is -1.92. The molecule has 0 bridgehead atoms. The van der Waals surface area contributed by atoms with Crippen LogP contribution in [-0.4, -0.2) is 10.7 Å². The average molecular weight is 247 g/mol. The largest absolute Gasteiger partial charge is 0.295 e. The van der Waals surface area contributed by atoms with E-state index in [-0.39, 0.29) is 11.5 Å². The van der Waals surface area contributed by atoms with Gasteiger partial charge in [0.05, 0.1) is 4.92 Å². The van der Waals surface area contributed by atoms with Gasteiger partial charge in [-0.2, -0.15) is 0 Å². The SMILES string of the molecule is CCCCCC(=O)/C=C/c1ccc([N+](=O)[O-])cc1. The van der Waals surface area contributed by atoms with E-state index in [4.69, 9.17) is 0 Å². The van der Waals surface area contributed by atoms with Crippen LogP contribution in [0.1, 0.15) is 38.2 Å². The van der Waals surface area contributed by atoms with E-state index in [1.165, 1.54) is 18.2 Å². The lowest BCUT2D eigenvalue weighted by atomic mass is 10.1. The number of nitrogens with zero attached hydrogens (tertiary/aromatic N) is 1. The van der Waals surface area contributed by atoms with Gasteiger partial charge in [0.15, 0.2) is 5.78 Å². The van der Waals surface area contributed by atoms with Gasteiger partial charge >= 0.3 is 0 Å². The predicted molar refractivity (Wildman–Crippen MR) is 71.3 cm³/mol. The minimum atomic E-state index is -0.441. The van der Waals surface area contributed by atoms with Crippen molar-refractivity contribution in [2.45, 2.75) is 32.6 Å². The van der Waals surface area contributed by atoms with Crippen molar-refractivity contribution in [3.05, 3.63) is 46.0 Å². The van der Waals surface area contributed by atoms with Crippen LogP contribution in [0.3, 0.4) is 0 Å². The maximum Gasteiger partial charge on any atom is 0.269 e. The Morgan fingerprint density at radius 3 is 2.50 bits per heavy atom. The highest BCUT2D eigenvalue weighted by Crippen LogP contribution is 2.13. The molecule has 0 aromatic heterocycles. The average Bonchev–Trinajstić information content (AvgIpc) is 2.37. The molecule has 0 N–H and O–H groups in total. The number of rotatable bonds is 7. The first-order valence-corrected chi connectivity index (χ1v) is 6.09. The highest BCUT2D eigenvalue weighted by molar-refractivity contribution is 5.93. The van der Waals surface area contributed by atoms with Crippen molar-refractivity contribution in [2.24, 2.45) is 0 Å². The molecule has 0 amide bonds. The first-order chi connectivity index (χ1) is 8.63. The van der Waals surface area contributed by atoms with Crippen molar-refractivity contribution in [1.29, 1.82) is 0 Å². The van der Waals surface area contributed by atoms with E-state index in [1.807, 2.05) is 0 Å². The van der Waals surface area contributed by atoms with Gasteiger partial charge in [-0.25, -0.2) is 0 Å². The van der Waals surface area contributed by atoms with E-state index >= 15 is 0 Å². The molecule has 1 aromatic rings. The summed E-state index contributed by atoms with van der Waals surface area (Å²) >= 11 is 0. The third-order valence-corrected chi connectivity index (χ3v) is 2.59. The van der Waals surface area contributed by atoms with Gasteiger partial charge < -0.3 is 0 Å². The number of nitro benzene ring substituents is 1. The van der Waals surface area contributed by atoms with Gasteiger partial charge in [-0.3, -0.25) is 14.9 Å². The minimum absolute atomic E-state index is 0.0569. The zero-order valence-electron chi connectivity index (χ0n) is 10.5. The monoisotopic (exact) mass is 247 g/mol. The number of carbonyl (C=O) groups excluding carboxylic acids is 1. The molecule has 0 aliphatic heterocycles. The summed E-state index contributed by atoms with van der Waals surface area (Å²) in [5.41, 5.74) is 0.853. The number of hydrogen-bond acceptors (Lipinski definition) is 3. The van der Waals surface area contributed by atoms with Crippen LogP contribution in [0, 0.1) is 10.1 Å². The number of non-ortho nitro benzene ring substituents is 1. The summed E-state index contributed by atoms with van der Waals surface area (Å²) in [5, 5.41) is 10.5. The van der Waals surface area contributed by atoms with E-state index < -0.39 is 4.92 Å². The quantitative estimate of drug-likeness (QED) is 0.319. The van der Waals surface area contributed by atoms with Crippen molar-refractivity contribution < 1.29 is 9.72 Å². The Labute approximate surface area is 106 Å². The molecule has 0 atom stereocenters. The standard InChI is InChI=1S/C14H17NO3/c1-2-3-4-5-14(16)11-8-12-6-9-13(10-7-12)15(17)18/h6-11H,2-5H2,1H3/b11-8+. The maximum atomic E-state index is 11.5. The third kappa shape index (κ3) is 4.91. The maximum absolute atomic E-state index is 11.5.